The number of carbonyl (C=O) groups excluding carboxylic acids is 1. The molecule has 3 heteroatoms. The number of carbonyl (C=O) groups is 1. The van der Waals surface area contributed by atoms with E-state index in [-0.39, 0.29) is 11.9 Å². The minimum absolute atomic E-state index is 0.0663. The fraction of sp³-hybridized carbons (Fsp3) is 0.588. The highest BCUT2D eigenvalue weighted by molar-refractivity contribution is 5.94. The molecule has 4 atom stereocenters. The summed E-state index contributed by atoms with van der Waals surface area (Å²) in [6, 6.07) is 8.37. The van der Waals surface area contributed by atoms with Crippen LogP contribution >= 0.6 is 0 Å². The van der Waals surface area contributed by atoms with Crippen molar-refractivity contribution in [3.63, 3.8) is 0 Å². The molecule has 0 saturated heterocycles. The molecule has 2 bridgehead atoms. The largest absolute Gasteiger partial charge is 0.325 e. The molecule has 0 spiro atoms. The number of nitrogens with one attached hydrogen (secondary N) is 2. The highest BCUT2D eigenvalue weighted by Crippen LogP contribution is 2.44. The number of amides is 1. The summed E-state index contributed by atoms with van der Waals surface area (Å²) in [4.78, 5) is 12.2. The molecule has 20 heavy (non-hydrogen) atoms. The van der Waals surface area contributed by atoms with Crippen LogP contribution in [0.1, 0.15) is 38.2 Å². The number of anilines is 1. The smallest absolute Gasteiger partial charge is 0.241 e. The van der Waals surface area contributed by atoms with Gasteiger partial charge in [0.05, 0.1) is 6.04 Å². The van der Waals surface area contributed by atoms with Gasteiger partial charge in [-0.3, -0.25) is 4.79 Å². The lowest BCUT2D eigenvalue weighted by Gasteiger charge is -2.26. The molecule has 3 rings (SSSR count). The summed E-state index contributed by atoms with van der Waals surface area (Å²) in [5.74, 6) is 1.77. The van der Waals surface area contributed by atoms with Gasteiger partial charge in [-0.15, -0.1) is 0 Å². The lowest BCUT2D eigenvalue weighted by Crippen LogP contribution is -2.46. The van der Waals surface area contributed by atoms with Crippen LogP contribution in [-0.4, -0.2) is 18.0 Å². The molecule has 108 valence electrons. The number of hydrogen-bond acceptors (Lipinski definition) is 2. The van der Waals surface area contributed by atoms with E-state index in [9.17, 15) is 4.79 Å². The number of aryl methyl sites for hydroxylation is 1. The first-order valence-electron chi connectivity index (χ1n) is 7.75. The van der Waals surface area contributed by atoms with E-state index in [0.29, 0.717) is 6.04 Å². The van der Waals surface area contributed by atoms with Gasteiger partial charge >= 0.3 is 0 Å². The fourth-order valence-corrected chi connectivity index (χ4v) is 3.73. The van der Waals surface area contributed by atoms with E-state index in [2.05, 4.69) is 10.6 Å². The van der Waals surface area contributed by atoms with E-state index >= 15 is 0 Å². The number of fused-ring (bicyclic) bond motifs is 2. The van der Waals surface area contributed by atoms with Gasteiger partial charge < -0.3 is 10.6 Å². The zero-order valence-corrected chi connectivity index (χ0v) is 12.4. The van der Waals surface area contributed by atoms with Crippen molar-refractivity contribution in [3.8, 4) is 0 Å². The van der Waals surface area contributed by atoms with E-state index in [1.807, 2.05) is 38.1 Å². The zero-order valence-electron chi connectivity index (χ0n) is 12.4. The number of hydrogen-bond donors (Lipinski definition) is 2. The van der Waals surface area contributed by atoms with Crippen molar-refractivity contribution in [1.82, 2.24) is 5.32 Å². The maximum Gasteiger partial charge on any atom is 0.241 e. The van der Waals surface area contributed by atoms with Crippen molar-refractivity contribution < 1.29 is 4.79 Å². The Balaban J connectivity index is 1.53. The summed E-state index contributed by atoms with van der Waals surface area (Å²) in [6.45, 7) is 4.01. The monoisotopic (exact) mass is 272 g/mol. The highest BCUT2D eigenvalue weighted by Gasteiger charge is 2.40. The van der Waals surface area contributed by atoms with Crippen molar-refractivity contribution in [2.45, 2.75) is 51.6 Å². The van der Waals surface area contributed by atoms with Gasteiger partial charge in [0.25, 0.3) is 0 Å². The van der Waals surface area contributed by atoms with Crippen molar-refractivity contribution in [1.29, 1.82) is 0 Å². The first-order chi connectivity index (χ1) is 9.61. The van der Waals surface area contributed by atoms with E-state index in [4.69, 9.17) is 0 Å². The van der Waals surface area contributed by atoms with Crippen LogP contribution in [0.4, 0.5) is 5.69 Å². The average molecular weight is 272 g/mol. The Bertz CT molecular complexity index is 482. The van der Waals surface area contributed by atoms with Crippen LogP contribution in [0.5, 0.6) is 0 Å². The zero-order chi connectivity index (χ0) is 14.1. The Kier molecular flexibility index (Phi) is 3.79. The maximum absolute atomic E-state index is 12.2. The molecule has 2 aliphatic carbocycles. The standard InChI is InChI=1S/C17H24N2O/c1-11-3-7-15(8-4-11)19-17(20)12(2)18-16-10-13-5-6-14(16)9-13/h3-4,7-8,12-14,16,18H,5-6,9-10H2,1-2H3,(H,19,20). The predicted octanol–water partition coefficient (Wildman–Crippen LogP) is 3.10. The Morgan fingerprint density at radius 3 is 2.55 bits per heavy atom. The minimum atomic E-state index is -0.124. The third-order valence-electron chi connectivity index (χ3n) is 4.91. The second kappa shape index (κ2) is 5.57. The van der Waals surface area contributed by atoms with Gasteiger partial charge in [-0.25, -0.2) is 0 Å². The first-order valence-corrected chi connectivity index (χ1v) is 7.75. The molecule has 2 fully saturated rings. The predicted molar refractivity (Wildman–Crippen MR) is 81.6 cm³/mol. The van der Waals surface area contributed by atoms with Crippen LogP contribution in [0.15, 0.2) is 24.3 Å². The normalized spacial score (nSPS) is 29.4. The van der Waals surface area contributed by atoms with Crippen LogP contribution in [-0.2, 0) is 4.79 Å². The molecule has 0 aromatic heterocycles. The Morgan fingerprint density at radius 1 is 1.20 bits per heavy atom. The number of benzene rings is 1. The molecule has 3 nitrogen and oxygen atoms in total. The third-order valence-corrected chi connectivity index (χ3v) is 4.91. The lowest BCUT2D eigenvalue weighted by atomic mass is 9.95. The van der Waals surface area contributed by atoms with Gasteiger partial charge in [-0.1, -0.05) is 24.1 Å². The Morgan fingerprint density at radius 2 is 1.95 bits per heavy atom. The molecule has 4 unspecified atom stereocenters. The third kappa shape index (κ3) is 2.88. The second-order valence-corrected chi connectivity index (χ2v) is 6.52. The second-order valence-electron chi connectivity index (χ2n) is 6.52. The molecule has 1 aromatic rings. The van der Waals surface area contributed by atoms with Crippen LogP contribution < -0.4 is 10.6 Å². The lowest BCUT2D eigenvalue weighted by molar-refractivity contribution is -0.118. The molecular formula is C17H24N2O. The summed E-state index contributed by atoms with van der Waals surface area (Å²) < 4.78 is 0. The van der Waals surface area contributed by atoms with Crippen LogP contribution in [0, 0.1) is 18.8 Å². The molecule has 2 N–H and O–H groups in total. The van der Waals surface area contributed by atoms with Gasteiger partial charge in [0.1, 0.15) is 0 Å². The van der Waals surface area contributed by atoms with Crippen molar-refractivity contribution >= 4 is 11.6 Å². The van der Waals surface area contributed by atoms with Gasteiger partial charge in [-0.05, 0) is 57.1 Å². The van der Waals surface area contributed by atoms with Crippen LogP contribution in [0.2, 0.25) is 0 Å². The molecular weight excluding hydrogens is 248 g/mol. The molecule has 2 saturated carbocycles. The topological polar surface area (TPSA) is 41.1 Å². The summed E-state index contributed by atoms with van der Waals surface area (Å²) in [7, 11) is 0. The molecule has 1 amide bonds. The molecule has 1 aromatic carbocycles. The van der Waals surface area contributed by atoms with Gasteiger partial charge in [0.15, 0.2) is 0 Å². The molecule has 2 aliphatic rings. The summed E-state index contributed by atoms with van der Waals surface area (Å²) in [5, 5.41) is 6.52. The molecule has 0 aliphatic heterocycles. The molecule has 0 radical (unpaired) electrons. The molecule has 0 heterocycles. The quantitative estimate of drug-likeness (QED) is 0.884. The van der Waals surface area contributed by atoms with E-state index < -0.39 is 0 Å². The van der Waals surface area contributed by atoms with Crippen molar-refractivity contribution in [3.05, 3.63) is 29.8 Å². The minimum Gasteiger partial charge on any atom is -0.325 e. The van der Waals surface area contributed by atoms with E-state index in [1.54, 1.807) is 0 Å². The van der Waals surface area contributed by atoms with Crippen molar-refractivity contribution in [2.75, 3.05) is 5.32 Å². The SMILES string of the molecule is Cc1ccc(NC(=O)C(C)NC2CC3CCC2C3)cc1. The Hall–Kier alpha value is -1.35. The fourth-order valence-electron chi connectivity index (χ4n) is 3.73. The van der Waals surface area contributed by atoms with Crippen LogP contribution in [0.25, 0.3) is 0 Å². The van der Waals surface area contributed by atoms with E-state index in [1.165, 1.54) is 31.2 Å². The average Bonchev–Trinajstić information content (AvgIpc) is 3.03. The summed E-state index contributed by atoms with van der Waals surface area (Å²) >= 11 is 0. The van der Waals surface area contributed by atoms with Gasteiger partial charge in [0.2, 0.25) is 5.91 Å². The number of rotatable bonds is 4. The Labute approximate surface area is 121 Å². The maximum atomic E-state index is 12.2. The van der Waals surface area contributed by atoms with Crippen molar-refractivity contribution in [2.24, 2.45) is 11.8 Å². The summed E-state index contributed by atoms with van der Waals surface area (Å²) in [5.41, 5.74) is 2.08. The van der Waals surface area contributed by atoms with Gasteiger partial charge in [-0.2, -0.15) is 0 Å². The summed E-state index contributed by atoms with van der Waals surface area (Å²) in [6.07, 6.45) is 5.36. The van der Waals surface area contributed by atoms with Crippen LogP contribution in [0.3, 0.4) is 0 Å². The first kappa shape index (κ1) is 13.6. The van der Waals surface area contributed by atoms with Gasteiger partial charge in [0, 0.05) is 11.7 Å². The van der Waals surface area contributed by atoms with E-state index in [0.717, 1.165) is 17.5 Å². The highest BCUT2D eigenvalue weighted by atomic mass is 16.2.